The Morgan fingerprint density at radius 1 is 1.18 bits per heavy atom. The van der Waals surface area contributed by atoms with Crippen molar-refractivity contribution in [2.75, 3.05) is 40.3 Å². The van der Waals surface area contributed by atoms with Crippen LogP contribution in [0.3, 0.4) is 0 Å². The summed E-state index contributed by atoms with van der Waals surface area (Å²) in [5, 5.41) is 11.8. The lowest BCUT2D eigenvalue weighted by Crippen LogP contribution is -2.37. The number of carbonyl (C=O) groups is 2. The molecule has 8 nitrogen and oxygen atoms in total. The summed E-state index contributed by atoms with van der Waals surface area (Å²) in [4.78, 5) is 27.1. The summed E-state index contributed by atoms with van der Waals surface area (Å²) >= 11 is 11.5. The van der Waals surface area contributed by atoms with E-state index in [1.807, 2.05) is 20.9 Å². The first-order chi connectivity index (χ1) is 17.9. The first-order valence-corrected chi connectivity index (χ1v) is 12.7. The average molecular weight is 578 g/mol. The fraction of sp³-hybridized carbons (Fsp3) is 0.520. The third-order valence-corrected chi connectivity index (χ3v) is 6.26. The Labute approximate surface area is 230 Å². The minimum atomic E-state index is -4.62. The van der Waals surface area contributed by atoms with Gasteiger partial charge in [0.05, 0.1) is 22.9 Å². The van der Waals surface area contributed by atoms with Crippen molar-refractivity contribution in [1.82, 2.24) is 19.6 Å². The molecule has 1 fully saturated rings. The van der Waals surface area contributed by atoms with E-state index in [0.29, 0.717) is 35.9 Å². The molecule has 0 atom stereocenters. The number of carbonyl (C=O) groups excluding carboxylic acids is 2. The summed E-state index contributed by atoms with van der Waals surface area (Å²) in [5.41, 5.74) is -0.620. The Bertz CT molecular complexity index is 1120. The highest BCUT2D eigenvalue weighted by Gasteiger charge is 2.38. The number of ketones is 1. The molecule has 0 unspecified atom stereocenters. The smallest absolute Gasteiger partial charge is 0.436 e. The maximum Gasteiger partial charge on any atom is 0.436 e. The lowest BCUT2D eigenvalue weighted by molar-refractivity contribution is -0.142. The molecule has 38 heavy (non-hydrogen) atoms. The number of Topliss-reactive ketones (excluding diaryl/α,β-unsaturated/α-hetero) is 1. The SMILES string of the molecule is CC.COC1=C(Cl)C=C(C(=O)C#N)CC=C1.Cc1c(Cl)c(C(F)(F)F)nn1CC(=O)N1CCCN(C)CC1. The van der Waals surface area contributed by atoms with Crippen molar-refractivity contribution >= 4 is 34.9 Å². The summed E-state index contributed by atoms with van der Waals surface area (Å²) in [6, 6.07) is 1.55. The van der Waals surface area contributed by atoms with E-state index < -0.39 is 22.7 Å². The number of aromatic nitrogens is 2. The minimum Gasteiger partial charge on any atom is -0.495 e. The quantitative estimate of drug-likeness (QED) is 0.461. The predicted molar refractivity (Wildman–Crippen MR) is 139 cm³/mol. The van der Waals surface area contributed by atoms with Gasteiger partial charge in [-0.3, -0.25) is 14.3 Å². The van der Waals surface area contributed by atoms with E-state index in [4.69, 9.17) is 33.2 Å². The van der Waals surface area contributed by atoms with E-state index in [9.17, 15) is 22.8 Å². The van der Waals surface area contributed by atoms with Gasteiger partial charge in [0.15, 0.2) is 5.69 Å². The first kappa shape index (κ1) is 33.2. The molecular formula is C25H32Cl2F3N5O3. The lowest BCUT2D eigenvalue weighted by Gasteiger charge is -2.20. The van der Waals surface area contributed by atoms with Crippen LogP contribution in [0.5, 0.6) is 0 Å². The summed E-state index contributed by atoms with van der Waals surface area (Å²) in [6.45, 7) is 8.01. The minimum absolute atomic E-state index is 0.147. The van der Waals surface area contributed by atoms with Crippen molar-refractivity contribution in [3.05, 3.63) is 51.0 Å². The third-order valence-electron chi connectivity index (χ3n) is 5.52. The molecule has 13 heteroatoms. The van der Waals surface area contributed by atoms with Crippen LogP contribution in [0.1, 0.15) is 38.1 Å². The van der Waals surface area contributed by atoms with Crippen molar-refractivity contribution in [2.24, 2.45) is 0 Å². The number of halogens is 5. The van der Waals surface area contributed by atoms with Gasteiger partial charge >= 0.3 is 6.18 Å². The number of likely N-dealkylation sites (N-methyl/N-ethyl adjacent to an activating group) is 1. The first-order valence-electron chi connectivity index (χ1n) is 11.9. The molecule has 0 N–H and O–H groups in total. The van der Waals surface area contributed by atoms with Gasteiger partial charge in [-0.05, 0) is 45.5 Å². The van der Waals surface area contributed by atoms with E-state index >= 15 is 0 Å². The topological polar surface area (TPSA) is 91.5 Å². The maximum absolute atomic E-state index is 12.8. The van der Waals surface area contributed by atoms with Crippen LogP contribution in [-0.2, 0) is 27.0 Å². The number of hydrogen-bond acceptors (Lipinski definition) is 6. The van der Waals surface area contributed by atoms with E-state index in [1.165, 1.54) is 20.1 Å². The van der Waals surface area contributed by atoms with Gasteiger partial charge < -0.3 is 14.5 Å². The van der Waals surface area contributed by atoms with Crippen molar-refractivity contribution in [3.63, 3.8) is 0 Å². The number of rotatable bonds is 4. The van der Waals surface area contributed by atoms with Gasteiger partial charge in [0.25, 0.3) is 5.78 Å². The van der Waals surface area contributed by atoms with Gasteiger partial charge in [0.1, 0.15) is 18.4 Å². The maximum atomic E-state index is 12.8. The summed E-state index contributed by atoms with van der Waals surface area (Å²) < 4.78 is 44.3. The summed E-state index contributed by atoms with van der Waals surface area (Å²) in [7, 11) is 3.47. The van der Waals surface area contributed by atoms with E-state index in [-0.39, 0.29) is 18.1 Å². The number of methoxy groups -OCH3 is 1. The van der Waals surface area contributed by atoms with E-state index in [0.717, 1.165) is 24.2 Å². The van der Waals surface area contributed by atoms with Crippen LogP contribution in [0.25, 0.3) is 0 Å². The number of nitrogens with zero attached hydrogens (tertiary/aromatic N) is 5. The fourth-order valence-electron chi connectivity index (χ4n) is 3.43. The van der Waals surface area contributed by atoms with E-state index in [1.54, 1.807) is 23.1 Å². The van der Waals surface area contributed by atoms with Crippen LogP contribution >= 0.6 is 23.2 Å². The number of alkyl halides is 3. The Kier molecular flexibility index (Phi) is 13.6. The standard InChI is InChI=1S/C13H18ClF3N4O.C10H8ClNO2.C2H6/c1-9-11(14)12(13(15,16)17)18-21(9)8-10(22)20-5-3-4-19(2)6-7-20;1-14-10-4-2-3-7(5-8(10)11)9(13)6-12;1-2/h3-8H2,1-2H3;2,4-5H,3H2,1H3;1-2H3. The van der Waals surface area contributed by atoms with Gasteiger partial charge in [-0.1, -0.05) is 43.1 Å². The molecule has 1 aliphatic carbocycles. The highest BCUT2D eigenvalue weighted by molar-refractivity contribution is 6.32. The molecule has 210 valence electrons. The Balaban J connectivity index is 0.000000389. The largest absolute Gasteiger partial charge is 0.495 e. The van der Waals surface area contributed by atoms with Crippen LogP contribution in [0, 0.1) is 18.3 Å². The zero-order chi connectivity index (χ0) is 29.0. The molecule has 1 aromatic rings. The van der Waals surface area contributed by atoms with Crippen molar-refractivity contribution in [3.8, 4) is 6.07 Å². The molecule has 2 heterocycles. The second kappa shape index (κ2) is 15.6. The Morgan fingerprint density at radius 3 is 2.39 bits per heavy atom. The second-order valence-electron chi connectivity index (χ2n) is 8.07. The number of ether oxygens (including phenoxy) is 1. The van der Waals surface area contributed by atoms with Crippen LogP contribution in [0.15, 0.2) is 34.6 Å². The molecule has 0 radical (unpaired) electrons. The number of amides is 1. The van der Waals surface area contributed by atoms with Gasteiger partial charge in [-0.25, -0.2) is 0 Å². The molecule has 0 saturated carbocycles. The monoisotopic (exact) mass is 577 g/mol. The van der Waals surface area contributed by atoms with Crippen molar-refractivity contribution in [1.29, 1.82) is 5.26 Å². The molecular weight excluding hydrogens is 546 g/mol. The summed E-state index contributed by atoms with van der Waals surface area (Å²) in [6.07, 6.45) is 1.49. The molecule has 2 aliphatic rings. The van der Waals surface area contributed by atoms with Crippen LogP contribution in [-0.4, -0.2) is 71.6 Å². The highest BCUT2D eigenvalue weighted by atomic mass is 35.5. The second-order valence-corrected chi connectivity index (χ2v) is 8.86. The van der Waals surface area contributed by atoms with Gasteiger partial charge in [0, 0.05) is 25.2 Å². The molecule has 0 aromatic carbocycles. The number of hydrogen-bond donors (Lipinski definition) is 0. The van der Waals surface area contributed by atoms with E-state index in [2.05, 4.69) is 10.00 Å². The molecule has 0 spiro atoms. The van der Waals surface area contributed by atoms with Crippen LogP contribution < -0.4 is 0 Å². The van der Waals surface area contributed by atoms with Gasteiger partial charge in [-0.2, -0.15) is 23.5 Å². The third kappa shape index (κ3) is 9.49. The number of nitriles is 1. The molecule has 3 rings (SSSR count). The number of allylic oxidation sites excluding steroid dienone is 5. The molecule has 1 aliphatic heterocycles. The average Bonchev–Trinajstić information content (AvgIpc) is 3.05. The molecule has 1 saturated heterocycles. The zero-order valence-corrected chi connectivity index (χ0v) is 23.5. The highest BCUT2D eigenvalue weighted by Crippen LogP contribution is 2.35. The fourth-order valence-corrected chi connectivity index (χ4v) is 3.95. The normalized spacial score (nSPS) is 16.1. The van der Waals surface area contributed by atoms with Gasteiger partial charge in [-0.15, -0.1) is 0 Å². The molecule has 0 bridgehead atoms. The zero-order valence-electron chi connectivity index (χ0n) is 22.0. The van der Waals surface area contributed by atoms with Gasteiger partial charge in [0.2, 0.25) is 5.91 Å². The van der Waals surface area contributed by atoms with Crippen LogP contribution in [0.2, 0.25) is 5.02 Å². The van der Waals surface area contributed by atoms with Crippen LogP contribution in [0.4, 0.5) is 13.2 Å². The molecule has 1 amide bonds. The molecule has 1 aromatic heterocycles. The Hall–Kier alpha value is -2.81. The summed E-state index contributed by atoms with van der Waals surface area (Å²) in [5.74, 6) is -0.316. The predicted octanol–water partition coefficient (Wildman–Crippen LogP) is 5.12. The van der Waals surface area contributed by atoms with Crippen molar-refractivity contribution in [2.45, 2.75) is 46.3 Å². The van der Waals surface area contributed by atoms with Crippen molar-refractivity contribution < 1.29 is 27.5 Å². The Morgan fingerprint density at radius 2 is 1.84 bits per heavy atom. The lowest BCUT2D eigenvalue weighted by atomic mass is 10.1.